The van der Waals surface area contributed by atoms with Crippen LogP contribution in [0.2, 0.25) is 0 Å². The number of nitrogens with zero attached hydrogens (tertiary/aromatic N) is 1. The molecule has 1 heteroatoms. The van der Waals surface area contributed by atoms with Crippen molar-refractivity contribution < 1.29 is 0 Å². The number of likely N-dealkylation sites (tertiary alicyclic amines) is 1. The van der Waals surface area contributed by atoms with E-state index in [1.165, 1.54) is 25.9 Å². The lowest BCUT2D eigenvalue weighted by atomic mass is 9.99. The highest BCUT2D eigenvalue weighted by atomic mass is 15.2. The molecule has 1 fully saturated rings. The number of rotatable bonds is 3. The van der Waals surface area contributed by atoms with Crippen molar-refractivity contribution in [1.82, 2.24) is 4.90 Å². The molecule has 0 amide bonds. The van der Waals surface area contributed by atoms with E-state index < -0.39 is 0 Å². The van der Waals surface area contributed by atoms with Crippen LogP contribution in [-0.4, -0.2) is 24.0 Å². The molecule has 10 heavy (non-hydrogen) atoms. The van der Waals surface area contributed by atoms with Gasteiger partial charge in [0.25, 0.3) is 0 Å². The predicted molar refractivity (Wildman–Crippen MR) is 45.1 cm³/mol. The second kappa shape index (κ2) is 3.38. The highest BCUT2D eigenvalue weighted by Gasteiger charge is 2.25. The molecule has 1 rings (SSSR count). The van der Waals surface area contributed by atoms with Crippen molar-refractivity contribution in [2.45, 2.75) is 39.7 Å². The summed E-state index contributed by atoms with van der Waals surface area (Å²) >= 11 is 0. The molecule has 0 bridgehead atoms. The Hall–Kier alpha value is -0.0400. The van der Waals surface area contributed by atoms with Crippen molar-refractivity contribution in [3.05, 3.63) is 0 Å². The molecule has 0 aliphatic carbocycles. The van der Waals surface area contributed by atoms with Gasteiger partial charge in [-0.05, 0) is 25.3 Å². The third-order valence-corrected chi connectivity index (χ3v) is 2.34. The van der Waals surface area contributed by atoms with E-state index in [4.69, 9.17) is 0 Å². The van der Waals surface area contributed by atoms with Gasteiger partial charge in [0.1, 0.15) is 0 Å². The van der Waals surface area contributed by atoms with Gasteiger partial charge in [-0.3, -0.25) is 0 Å². The van der Waals surface area contributed by atoms with Gasteiger partial charge in [0.2, 0.25) is 0 Å². The lowest BCUT2D eigenvalue weighted by molar-refractivity contribution is 0.0742. The maximum atomic E-state index is 2.60. The lowest BCUT2D eigenvalue weighted by Crippen LogP contribution is -2.48. The summed E-state index contributed by atoms with van der Waals surface area (Å²) in [6.07, 6.45) is 2.77. The van der Waals surface area contributed by atoms with E-state index in [1.54, 1.807) is 0 Å². The summed E-state index contributed by atoms with van der Waals surface area (Å²) in [5, 5.41) is 0. The Kier molecular flexibility index (Phi) is 2.72. The summed E-state index contributed by atoms with van der Waals surface area (Å²) in [4.78, 5) is 2.60. The first-order valence-electron chi connectivity index (χ1n) is 4.48. The van der Waals surface area contributed by atoms with Crippen LogP contribution in [0.25, 0.3) is 0 Å². The number of hydrogen-bond acceptors (Lipinski definition) is 1. The SMILES string of the molecule is CCC1CCN1CC(C)C. The summed E-state index contributed by atoms with van der Waals surface area (Å²) in [7, 11) is 0. The summed E-state index contributed by atoms with van der Waals surface area (Å²) in [6, 6.07) is 0.919. The molecule has 1 aliphatic rings. The highest BCUT2D eigenvalue weighted by molar-refractivity contribution is 4.81. The van der Waals surface area contributed by atoms with Crippen LogP contribution in [0.15, 0.2) is 0 Å². The first-order chi connectivity index (χ1) is 4.74. The van der Waals surface area contributed by atoms with Gasteiger partial charge >= 0.3 is 0 Å². The molecule has 0 spiro atoms. The Bertz CT molecular complexity index is 96.9. The molecular formula is C9H19N. The molecular weight excluding hydrogens is 122 g/mol. The molecule has 0 radical (unpaired) electrons. The minimum Gasteiger partial charge on any atom is -0.300 e. The normalized spacial score (nSPS) is 27.0. The van der Waals surface area contributed by atoms with Crippen molar-refractivity contribution in [1.29, 1.82) is 0 Å². The van der Waals surface area contributed by atoms with Crippen molar-refractivity contribution in [3.63, 3.8) is 0 Å². The van der Waals surface area contributed by atoms with Crippen LogP contribution in [0.5, 0.6) is 0 Å². The largest absolute Gasteiger partial charge is 0.300 e. The Morgan fingerprint density at radius 2 is 2.20 bits per heavy atom. The molecule has 1 saturated heterocycles. The minimum absolute atomic E-state index is 0.842. The summed E-state index contributed by atoms with van der Waals surface area (Å²) in [5.41, 5.74) is 0. The Labute approximate surface area is 64.4 Å². The van der Waals surface area contributed by atoms with Crippen LogP contribution >= 0.6 is 0 Å². The average Bonchev–Trinajstić information content (AvgIpc) is 1.82. The Morgan fingerprint density at radius 3 is 2.50 bits per heavy atom. The quantitative estimate of drug-likeness (QED) is 0.582. The van der Waals surface area contributed by atoms with Crippen molar-refractivity contribution in [2.75, 3.05) is 13.1 Å². The van der Waals surface area contributed by atoms with E-state index in [-0.39, 0.29) is 0 Å². The zero-order valence-corrected chi connectivity index (χ0v) is 7.43. The van der Waals surface area contributed by atoms with Crippen molar-refractivity contribution >= 4 is 0 Å². The second-order valence-electron chi connectivity index (χ2n) is 3.74. The third-order valence-electron chi connectivity index (χ3n) is 2.34. The zero-order chi connectivity index (χ0) is 7.56. The highest BCUT2D eigenvalue weighted by Crippen LogP contribution is 2.20. The molecule has 1 aliphatic heterocycles. The molecule has 0 N–H and O–H groups in total. The topological polar surface area (TPSA) is 3.24 Å². The fourth-order valence-electron chi connectivity index (χ4n) is 1.67. The van der Waals surface area contributed by atoms with Crippen molar-refractivity contribution in [2.24, 2.45) is 5.92 Å². The molecule has 1 atom stereocenters. The van der Waals surface area contributed by atoms with Gasteiger partial charge in [-0.25, -0.2) is 0 Å². The smallest absolute Gasteiger partial charge is 0.0105 e. The molecule has 1 unspecified atom stereocenters. The van der Waals surface area contributed by atoms with Crippen LogP contribution in [0.4, 0.5) is 0 Å². The van der Waals surface area contributed by atoms with Gasteiger partial charge in [-0.1, -0.05) is 20.8 Å². The minimum atomic E-state index is 0.842. The zero-order valence-electron chi connectivity index (χ0n) is 7.43. The molecule has 60 valence electrons. The fraction of sp³-hybridized carbons (Fsp3) is 1.00. The van der Waals surface area contributed by atoms with Gasteiger partial charge in [0.05, 0.1) is 0 Å². The van der Waals surface area contributed by atoms with Crippen LogP contribution in [0.3, 0.4) is 0 Å². The van der Waals surface area contributed by atoms with Gasteiger partial charge in [-0.2, -0.15) is 0 Å². The molecule has 0 saturated carbocycles. The maximum absolute atomic E-state index is 2.60. The van der Waals surface area contributed by atoms with E-state index in [9.17, 15) is 0 Å². The molecule has 0 aromatic carbocycles. The van der Waals surface area contributed by atoms with E-state index in [2.05, 4.69) is 25.7 Å². The van der Waals surface area contributed by atoms with Crippen LogP contribution in [0.1, 0.15) is 33.6 Å². The number of hydrogen-bond donors (Lipinski definition) is 0. The summed E-state index contributed by atoms with van der Waals surface area (Å²) < 4.78 is 0. The lowest BCUT2D eigenvalue weighted by Gasteiger charge is -2.41. The molecule has 1 nitrogen and oxygen atoms in total. The summed E-state index contributed by atoms with van der Waals surface area (Å²) in [6.45, 7) is 9.53. The van der Waals surface area contributed by atoms with Crippen LogP contribution in [-0.2, 0) is 0 Å². The van der Waals surface area contributed by atoms with Gasteiger partial charge in [-0.15, -0.1) is 0 Å². The van der Waals surface area contributed by atoms with Crippen LogP contribution in [0, 0.1) is 5.92 Å². The Morgan fingerprint density at radius 1 is 1.50 bits per heavy atom. The molecule has 1 heterocycles. The molecule has 0 aromatic heterocycles. The van der Waals surface area contributed by atoms with Crippen molar-refractivity contribution in [3.8, 4) is 0 Å². The van der Waals surface area contributed by atoms with Gasteiger partial charge < -0.3 is 4.90 Å². The van der Waals surface area contributed by atoms with E-state index >= 15 is 0 Å². The van der Waals surface area contributed by atoms with Gasteiger partial charge in [0.15, 0.2) is 0 Å². The Balaban J connectivity index is 2.16. The first kappa shape index (κ1) is 8.06. The third kappa shape index (κ3) is 1.72. The average molecular weight is 141 g/mol. The fourth-order valence-corrected chi connectivity index (χ4v) is 1.67. The predicted octanol–water partition coefficient (Wildman–Crippen LogP) is 2.13. The van der Waals surface area contributed by atoms with Crippen LogP contribution < -0.4 is 0 Å². The second-order valence-corrected chi connectivity index (χ2v) is 3.74. The van der Waals surface area contributed by atoms with E-state index in [0.717, 1.165) is 12.0 Å². The monoisotopic (exact) mass is 141 g/mol. The standard InChI is InChI=1S/C9H19N/c1-4-9-5-6-10(9)7-8(2)3/h8-9H,4-7H2,1-3H3. The first-order valence-corrected chi connectivity index (χ1v) is 4.48. The van der Waals surface area contributed by atoms with E-state index in [1.807, 2.05) is 0 Å². The maximum Gasteiger partial charge on any atom is 0.0105 e. The summed E-state index contributed by atoms with van der Waals surface area (Å²) in [5.74, 6) is 0.842. The van der Waals surface area contributed by atoms with E-state index in [0.29, 0.717) is 0 Å². The molecule has 0 aromatic rings. The van der Waals surface area contributed by atoms with Gasteiger partial charge in [0, 0.05) is 12.6 Å².